The maximum Gasteiger partial charge on any atom is 0.258 e. The number of rotatable bonds is 3. The van der Waals surface area contributed by atoms with Gasteiger partial charge in [-0.3, -0.25) is 14.7 Å². The van der Waals surface area contributed by atoms with Crippen LogP contribution in [0.5, 0.6) is 5.75 Å². The number of aromatic nitrogens is 6. The standard InChI is InChI=1S/C23H22N8O3/c1-2-13-9-15(10-16-12-24-26-19(13)16)22(33)31-7-5-23(6-8-31)25-21(32)17-11-14(3-4-18(17)34-23)20-27-29-30-28-20/h3-4,9-12H,2,5-8H2,1H3,(H,24,26)(H,25,32)(H,27,28,29,30). The highest BCUT2D eigenvalue weighted by Crippen LogP contribution is 2.35. The molecule has 3 N–H and O–H groups in total. The lowest BCUT2D eigenvalue weighted by Crippen LogP contribution is -2.61. The molecule has 1 saturated heterocycles. The van der Waals surface area contributed by atoms with Crippen LogP contribution in [0.2, 0.25) is 0 Å². The Kier molecular flexibility index (Phi) is 4.57. The number of aryl methyl sites for hydroxylation is 1. The minimum atomic E-state index is -0.836. The normalized spacial score (nSPS) is 16.9. The Morgan fingerprint density at radius 1 is 1.21 bits per heavy atom. The van der Waals surface area contributed by atoms with Crippen molar-refractivity contribution in [2.45, 2.75) is 31.9 Å². The number of nitrogens with one attached hydrogen (secondary N) is 3. The highest BCUT2D eigenvalue weighted by Gasteiger charge is 2.43. The highest BCUT2D eigenvalue weighted by molar-refractivity contribution is 6.00. The van der Waals surface area contributed by atoms with Gasteiger partial charge in [-0.2, -0.15) is 10.3 Å². The van der Waals surface area contributed by atoms with Gasteiger partial charge in [-0.25, -0.2) is 0 Å². The number of H-pyrrole nitrogens is 2. The predicted octanol–water partition coefficient (Wildman–Crippen LogP) is 2.06. The Morgan fingerprint density at radius 3 is 2.82 bits per heavy atom. The molecule has 11 heteroatoms. The molecule has 0 atom stereocenters. The smallest absolute Gasteiger partial charge is 0.258 e. The lowest BCUT2D eigenvalue weighted by Gasteiger charge is -2.44. The van der Waals surface area contributed by atoms with E-state index in [1.54, 1.807) is 24.4 Å². The van der Waals surface area contributed by atoms with Crippen LogP contribution in [0.3, 0.4) is 0 Å². The van der Waals surface area contributed by atoms with Crippen LogP contribution < -0.4 is 10.1 Å². The van der Waals surface area contributed by atoms with Crippen molar-refractivity contribution in [3.63, 3.8) is 0 Å². The average Bonchev–Trinajstić information content (AvgIpc) is 3.56. The molecule has 2 aliphatic rings. The molecule has 2 amide bonds. The largest absolute Gasteiger partial charge is 0.467 e. The number of hydrogen-bond acceptors (Lipinski definition) is 7. The Hall–Kier alpha value is -4.28. The van der Waals surface area contributed by atoms with Gasteiger partial charge < -0.3 is 15.0 Å². The number of benzene rings is 2. The van der Waals surface area contributed by atoms with E-state index in [1.807, 2.05) is 17.0 Å². The van der Waals surface area contributed by atoms with Gasteiger partial charge in [0.25, 0.3) is 11.8 Å². The van der Waals surface area contributed by atoms with Gasteiger partial charge in [0.1, 0.15) is 5.75 Å². The molecular formula is C23H22N8O3. The zero-order chi connectivity index (χ0) is 23.3. The van der Waals surface area contributed by atoms with E-state index in [2.05, 4.69) is 43.1 Å². The Labute approximate surface area is 193 Å². The first-order valence-electron chi connectivity index (χ1n) is 11.2. The Morgan fingerprint density at radius 2 is 2.06 bits per heavy atom. The highest BCUT2D eigenvalue weighted by atomic mass is 16.5. The van der Waals surface area contributed by atoms with Crippen molar-refractivity contribution in [3.05, 3.63) is 53.2 Å². The average molecular weight is 458 g/mol. The van der Waals surface area contributed by atoms with Gasteiger partial charge in [-0.1, -0.05) is 6.92 Å². The van der Waals surface area contributed by atoms with Gasteiger partial charge in [0, 0.05) is 42.4 Å². The molecule has 0 bridgehead atoms. The second-order valence-corrected chi connectivity index (χ2v) is 8.61. The van der Waals surface area contributed by atoms with Crippen LogP contribution in [-0.4, -0.2) is 66.4 Å². The first-order chi connectivity index (χ1) is 16.5. The molecule has 4 heterocycles. The van der Waals surface area contributed by atoms with Crippen molar-refractivity contribution in [2.24, 2.45) is 0 Å². The van der Waals surface area contributed by atoms with E-state index in [4.69, 9.17) is 4.74 Å². The summed E-state index contributed by atoms with van der Waals surface area (Å²) in [5.74, 6) is 0.667. The number of nitrogens with zero attached hydrogens (tertiary/aromatic N) is 5. The number of amides is 2. The summed E-state index contributed by atoms with van der Waals surface area (Å²) in [6, 6.07) is 9.06. The fourth-order valence-electron chi connectivity index (χ4n) is 4.74. The molecule has 1 spiro atoms. The first-order valence-corrected chi connectivity index (χ1v) is 11.2. The summed E-state index contributed by atoms with van der Waals surface area (Å²) in [7, 11) is 0. The molecule has 0 unspecified atom stereocenters. The molecular weight excluding hydrogens is 436 g/mol. The maximum absolute atomic E-state index is 13.3. The molecule has 0 saturated carbocycles. The maximum atomic E-state index is 13.3. The second-order valence-electron chi connectivity index (χ2n) is 8.61. The zero-order valence-corrected chi connectivity index (χ0v) is 18.5. The zero-order valence-electron chi connectivity index (χ0n) is 18.5. The van der Waals surface area contributed by atoms with Crippen molar-refractivity contribution in [1.29, 1.82) is 0 Å². The summed E-state index contributed by atoms with van der Waals surface area (Å²) >= 11 is 0. The fraction of sp³-hybridized carbons (Fsp3) is 0.304. The van der Waals surface area contributed by atoms with E-state index in [1.165, 1.54) is 0 Å². The van der Waals surface area contributed by atoms with Gasteiger partial charge in [0.05, 0.1) is 17.3 Å². The quantitative estimate of drug-likeness (QED) is 0.427. The Bertz CT molecular complexity index is 1400. The number of likely N-dealkylation sites (tertiary alicyclic amines) is 1. The van der Waals surface area contributed by atoms with Crippen LogP contribution in [0.15, 0.2) is 36.5 Å². The second kappa shape index (κ2) is 7.65. The summed E-state index contributed by atoms with van der Waals surface area (Å²) in [6.45, 7) is 3.00. The molecule has 0 aliphatic carbocycles. The molecule has 11 nitrogen and oxygen atoms in total. The van der Waals surface area contributed by atoms with E-state index in [-0.39, 0.29) is 11.8 Å². The van der Waals surface area contributed by atoms with E-state index >= 15 is 0 Å². The molecule has 6 rings (SSSR count). The van der Waals surface area contributed by atoms with E-state index in [0.717, 1.165) is 22.9 Å². The number of aromatic amines is 2. The topological polar surface area (TPSA) is 142 Å². The van der Waals surface area contributed by atoms with Gasteiger partial charge in [-0.15, -0.1) is 10.2 Å². The van der Waals surface area contributed by atoms with Crippen LogP contribution in [-0.2, 0) is 6.42 Å². The Balaban J connectivity index is 1.19. The number of fused-ring (bicyclic) bond motifs is 2. The summed E-state index contributed by atoms with van der Waals surface area (Å²) < 4.78 is 6.27. The summed E-state index contributed by atoms with van der Waals surface area (Å²) in [6.07, 6.45) is 3.52. The van der Waals surface area contributed by atoms with Gasteiger partial charge in [0.15, 0.2) is 5.72 Å². The fourth-order valence-corrected chi connectivity index (χ4v) is 4.74. The summed E-state index contributed by atoms with van der Waals surface area (Å²) in [4.78, 5) is 28.0. The minimum absolute atomic E-state index is 0.0278. The van der Waals surface area contributed by atoms with E-state index in [0.29, 0.717) is 54.2 Å². The molecule has 34 heavy (non-hydrogen) atoms. The monoisotopic (exact) mass is 458 g/mol. The third kappa shape index (κ3) is 3.28. The van der Waals surface area contributed by atoms with Crippen LogP contribution in [0, 0.1) is 0 Å². The number of carbonyl (C=O) groups is 2. The number of piperidine rings is 1. The molecule has 0 radical (unpaired) electrons. The van der Waals surface area contributed by atoms with Crippen molar-refractivity contribution in [2.75, 3.05) is 13.1 Å². The van der Waals surface area contributed by atoms with E-state index < -0.39 is 5.72 Å². The first kappa shape index (κ1) is 20.3. The lowest BCUT2D eigenvalue weighted by atomic mass is 9.95. The minimum Gasteiger partial charge on any atom is -0.467 e. The summed E-state index contributed by atoms with van der Waals surface area (Å²) in [5, 5.41) is 24.9. The SMILES string of the molecule is CCc1cc(C(=O)N2CCC3(CC2)NC(=O)c2cc(-c4nn[nH]n4)ccc2O3)cc2cn[nH]c12. The summed E-state index contributed by atoms with van der Waals surface area (Å²) in [5.41, 5.74) is 2.94. The van der Waals surface area contributed by atoms with Crippen LogP contribution >= 0.6 is 0 Å². The predicted molar refractivity (Wildman–Crippen MR) is 121 cm³/mol. The van der Waals surface area contributed by atoms with Crippen molar-refractivity contribution in [3.8, 4) is 17.1 Å². The van der Waals surface area contributed by atoms with Crippen molar-refractivity contribution >= 4 is 22.7 Å². The van der Waals surface area contributed by atoms with Gasteiger partial charge in [0.2, 0.25) is 5.82 Å². The van der Waals surface area contributed by atoms with Crippen LogP contribution in [0.25, 0.3) is 22.3 Å². The number of hydrogen-bond donors (Lipinski definition) is 3. The molecule has 2 aromatic carbocycles. The lowest BCUT2D eigenvalue weighted by molar-refractivity contribution is -0.0245. The number of tetrazole rings is 1. The van der Waals surface area contributed by atoms with Crippen LogP contribution in [0.1, 0.15) is 46.0 Å². The molecule has 2 aromatic heterocycles. The van der Waals surface area contributed by atoms with Crippen molar-refractivity contribution < 1.29 is 14.3 Å². The van der Waals surface area contributed by atoms with Gasteiger partial charge >= 0.3 is 0 Å². The van der Waals surface area contributed by atoms with E-state index in [9.17, 15) is 9.59 Å². The number of ether oxygens (including phenoxy) is 1. The molecule has 172 valence electrons. The molecule has 1 fully saturated rings. The van der Waals surface area contributed by atoms with Crippen LogP contribution in [0.4, 0.5) is 0 Å². The molecule has 2 aliphatic heterocycles. The third-order valence-electron chi connectivity index (χ3n) is 6.59. The number of carbonyl (C=O) groups excluding carboxylic acids is 2. The van der Waals surface area contributed by atoms with Gasteiger partial charge in [-0.05, 0) is 47.5 Å². The van der Waals surface area contributed by atoms with Crippen molar-refractivity contribution in [1.82, 2.24) is 41.0 Å². The third-order valence-corrected chi connectivity index (χ3v) is 6.59. The molecule has 4 aromatic rings.